The van der Waals surface area contributed by atoms with Gasteiger partial charge in [0.1, 0.15) is 0 Å². The Morgan fingerprint density at radius 2 is 2.00 bits per heavy atom. The molecule has 1 aliphatic carbocycles. The fourth-order valence-electron chi connectivity index (χ4n) is 2.24. The van der Waals surface area contributed by atoms with Crippen molar-refractivity contribution in [1.29, 1.82) is 0 Å². The Labute approximate surface area is 94.8 Å². The van der Waals surface area contributed by atoms with Crippen molar-refractivity contribution >= 4 is 0 Å². The highest BCUT2D eigenvalue weighted by Gasteiger charge is 2.12. The summed E-state index contributed by atoms with van der Waals surface area (Å²) in [6, 6.07) is 0.628. The summed E-state index contributed by atoms with van der Waals surface area (Å²) in [7, 11) is 2.02. The summed E-state index contributed by atoms with van der Waals surface area (Å²) >= 11 is 0. The Kier molecular flexibility index (Phi) is 7.03. The van der Waals surface area contributed by atoms with Crippen LogP contribution in [0.2, 0.25) is 0 Å². The third-order valence-corrected chi connectivity index (χ3v) is 3.50. The van der Waals surface area contributed by atoms with Crippen LogP contribution < -0.4 is 5.32 Å². The highest BCUT2D eigenvalue weighted by molar-refractivity contribution is 4.65. The van der Waals surface area contributed by atoms with Gasteiger partial charge in [0.15, 0.2) is 0 Å². The van der Waals surface area contributed by atoms with Crippen molar-refractivity contribution < 1.29 is 4.74 Å². The molecule has 0 aliphatic heterocycles. The van der Waals surface area contributed by atoms with E-state index in [0.29, 0.717) is 6.04 Å². The standard InChI is InChI=1S/C13H27NO/c1-12(14-2)7-6-10-15-11-13-8-4-3-5-9-13/h12-14H,3-11H2,1-2H3. The van der Waals surface area contributed by atoms with E-state index < -0.39 is 0 Å². The lowest BCUT2D eigenvalue weighted by molar-refractivity contribution is 0.0817. The zero-order valence-electron chi connectivity index (χ0n) is 10.4. The molecule has 1 aliphatic rings. The third-order valence-electron chi connectivity index (χ3n) is 3.50. The van der Waals surface area contributed by atoms with Crippen molar-refractivity contribution in [3.8, 4) is 0 Å². The molecule has 0 aromatic carbocycles. The lowest BCUT2D eigenvalue weighted by Gasteiger charge is -2.21. The summed E-state index contributed by atoms with van der Waals surface area (Å²) in [6.07, 6.45) is 9.49. The molecule has 1 fully saturated rings. The summed E-state index contributed by atoms with van der Waals surface area (Å²) in [5, 5.41) is 3.25. The van der Waals surface area contributed by atoms with Crippen LogP contribution in [0.4, 0.5) is 0 Å². The van der Waals surface area contributed by atoms with Gasteiger partial charge in [0.25, 0.3) is 0 Å². The summed E-state index contributed by atoms with van der Waals surface area (Å²) in [4.78, 5) is 0. The minimum atomic E-state index is 0.628. The molecule has 90 valence electrons. The zero-order valence-corrected chi connectivity index (χ0v) is 10.4. The average molecular weight is 213 g/mol. The maximum absolute atomic E-state index is 5.74. The van der Waals surface area contributed by atoms with Crippen molar-refractivity contribution in [1.82, 2.24) is 5.32 Å². The third kappa shape index (κ3) is 6.16. The first kappa shape index (κ1) is 13.0. The number of rotatable bonds is 7. The highest BCUT2D eigenvalue weighted by atomic mass is 16.5. The Morgan fingerprint density at radius 1 is 1.27 bits per heavy atom. The first-order valence-corrected chi connectivity index (χ1v) is 6.58. The number of hydrogen-bond acceptors (Lipinski definition) is 2. The van der Waals surface area contributed by atoms with Crippen LogP contribution in [0.5, 0.6) is 0 Å². The first-order valence-electron chi connectivity index (χ1n) is 6.58. The van der Waals surface area contributed by atoms with Crippen molar-refractivity contribution in [2.75, 3.05) is 20.3 Å². The van der Waals surface area contributed by atoms with Crippen LogP contribution >= 0.6 is 0 Å². The molecular formula is C13H27NO. The molecule has 15 heavy (non-hydrogen) atoms. The SMILES string of the molecule is CNC(C)CCCOCC1CCCCC1. The van der Waals surface area contributed by atoms with Gasteiger partial charge in [0.2, 0.25) is 0 Å². The fraction of sp³-hybridized carbons (Fsp3) is 1.00. The van der Waals surface area contributed by atoms with E-state index >= 15 is 0 Å². The molecule has 0 aromatic rings. The van der Waals surface area contributed by atoms with Gasteiger partial charge < -0.3 is 10.1 Å². The van der Waals surface area contributed by atoms with Gasteiger partial charge in [-0.25, -0.2) is 0 Å². The lowest BCUT2D eigenvalue weighted by atomic mass is 9.90. The molecule has 0 spiro atoms. The van der Waals surface area contributed by atoms with Gasteiger partial charge in [0.05, 0.1) is 0 Å². The minimum absolute atomic E-state index is 0.628. The van der Waals surface area contributed by atoms with Gasteiger partial charge in [0, 0.05) is 19.3 Å². The van der Waals surface area contributed by atoms with Gasteiger partial charge in [-0.2, -0.15) is 0 Å². The monoisotopic (exact) mass is 213 g/mol. The van der Waals surface area contributed by atoms with Crippen LogP contribution in [-0.2, 0) is 4.74 Å². The second kappa shape index (κ2) is 8.12. The molecular weight excluding hydrogens is 186 g/mol. The van der Waals surface area contributed by atoms with Crippen LogP contribution in [0.25, 0.3) is 0 Å². The Bertz CT molecular complexity index is 143. The Hall–Kier alpha value is -0.0800. The van der Waals surface area contributed by atoms with Crippen LogP contribution in [0.3, 0.4) is 0 Å². The predicted octanol–water partition coefficient (Wildman–Crippen LogP) is 2.97. The number of ether oxygens (including phenoxy) is 1. The largest absolute Gasteiger partial charge is 0.381 e. The molecule has 0 amide bonds. The van der Waals surface area contributed by atoms with E-state index in [0.717, 1.165) is 19.1 Å². The Morgan fingerprint density at radius 3 is 2.67 bits per heavy atom. The van der Waals surface area contributed by atoms with Gasteiger partial charge in [-0.05, 0) is 45.6 Å². The number of hydrogen-bond donors (Lipinski definition) is 1. The van der Waals surface area contributed by atoms with E-state index in [2.05, 4.69) is 12.2 Å². The summed E-state index contributed by atoms with van der Waals surface area (Å²) < 4.78 is 5.74. The normalized spacial score (nSPS) is 20.4. The van der Waals surface area contributed by atoms with Crippen molar-refractivity contribution in [2.24, 2.45) is 5.92 Å². The van der Waals surface area contributed by atoms with Crippen LogP contribution in [0, 0.1) is 5.92 Å². The summed E-state index contributed by atoms with van der Waals surface area (Å²) in [5.74, 6) is 0.862. The molecule has 1 saturated carbocycles. The smallest absolute Gasteiger partial charge is 0.0494 e. The molecule has 0 heterocycles. The highest BCUT2D eigenvalue weighted by Crippen LogP contribution is 2.23. The molecule has 1 unspecified atom stereocenters. The molecule has 0 bridgehead atoms. The molecule has 0 radical (unpaired) electrons. The molecule has 2 heteroatoms. The van der Waals surface area contributed by atoms with Crippen molar-refractivity contribution in [2.45, 2.75) is 57.9 Å². The van der Waals surface area contributed by atoms with Crippen molar-refractivity contribution in [3.05, 3.63) is 0 Å². The molecule has 2 nitrogen and oxygen atoms in total. The molecule has 0 saturated heterocycles. The molecule has 1 atom stereocenters. The second-order valence-corrected chi connectivity index (χ2v) is 4.91. The van der Waals surface area contributed by atoms with E-state index in [9.17, 15) is 0 Å². The van der Waals surface area contributed by atoms with Crippen LogP contribution in [0.1, 0.15) is 51.9 Å². The van der Waals surface area contributed by atoms with Gasteiger partial charge in [-0.3, -0.25) is 0 Å². The fourth-order valence-corrected chi connectivity index (χ4v) is 2.24. The topological polar surface area (TPSA) is 21.3 Å². The van der Waals surface area contributed by atoms with E-state index in [1.165, 1.54) is 44.9 Å². The Balaban J connectivity index is 1.87. The molecule has 0 aromatic heterocycles. The minimum Gasteiger partial charge on any atom is -0.381 e. The lowest BCUT2D eigenvalue weighted by Crippen LogP contribution is -2.21. The summed E-state index contributed by atoms with van der Waals surface area (Å²) in [5.41, 5.74) is 0. The van der Waals surface area contributed by atoms with Crippen LogP contribution in [0.15, 0.2) is 0 Å². The van der Waals surface area contributed by atoms with Crippen molar-refractivity contribution in [3.63, 3.8) is 0 Å². The second-order valence-electron chi connectivity index (χ2n) is 4.91. The van der Waals surface area contributed by atoms with E-state index in [1.54, 1.807) is 0 Å². The van der Waals surface area contributed by atoms with Crippen LogP contribution in [-0.4, -0.2) is 26.3 Å². The average Bonchev–Trinajstić information content (AvgIpc) is 2.29. The van der Waals surface area contributed by atoms with Gasteiger partial charge in [-0.15, -0.1) is 0 Å². The quantitative estimate of drug-likeness (QED) is 0.656. The molecule has 1 rings (SSSR count). The first-order chi connectivity index (χ1) is 7.33. The predicted molar refractivity (Wildman–Crippen MR) is 65.1 cm³/mol. The molecule has 1 N–H and O–H groups in total. The van der Waals surface area contributed by atoms with E-state index in [-0.39, 0.29) is 0 Å². The maximum atomic E-state index is 5.74. The van der Waals surface area contributed by atoms with Gasteiger partial charge >= 0.3 is 0 Å². The zero-order chi connectivity index (χ0) is 10.9. The summed E-state index contributed by atoms with van der Waals surface area (Å²) in [6.45, 7) is 4.18. The number of nitrogens with one attached hydrogen (secondary N) is 1. The van der Waals surface area contributed by atoms with Gasteiger partial charge in [-0.1, -0.05) is 19.3 Å². The van der Waals surface area contributed by atoms with E-state index in [1.807, 2.05) is 7.05 Å². The maximum Gasteiger partial charge on any atom is 0.0494 e. The van der Waals surface area contributed by atoms with E-state index in [4.69, 9.17) is 4.74 Å².